The van der Waals surface area contributed by atoms with Gasteiger partial charge in [0.1, 0.15) is 11.2 Å². The number of fused-ring (bicyclic) bond motifs is 7. The fourth-order valence-electron chi connectivity index (χ4n) is 7.39. The lowest BCUT2D eigenvalue weighted by molar-refractivity contribution is 0.673. The van der Waals surface area contributed by atoms with Gasteiger partial charge in [-0.1, -0.05) is 140 Å². The van der Waals surface area contributed by atoms with Crippen LogP contribution in [-0.2, 0) is 0 Å². The van der Waals surface area contributed by atoms with Crippen molar-refractivity contribution >= 4 is 70.5 Å². The molecule has 0 radical (unpaired) electrons. The zero-order valence-corrected chi connectivity index (χ0v) is 28.5. The Balaban J connectivity index is 1.18. The van der Waals surface area contributed by atoms with E-state index in [1.54, 1.807) is 0 Å². The van der Waals surface area contributed by atoms with Crippen molar-refractivity contribution in [1.82, 2.24) is 0 Å². The van der Waals surface area contributed by atoms with Crippen LogP contribution in [0.3, 0.4) is 0 Å². The third-order valence-corrected chi connectivity index (χ3v) is 11.1. The maximum absolute atomic E-state index is 6.64. The maximum atomic E-state index is 6.64. The Labute approximate surface area is 300 Å². The number of thiophene rings is 1. The molecule has 51 heavy (non-hydrogen) atoms. The first-order valence-electron chi connectivity index (χ1n) is 17.3. The van der Waals surface area contributed by atoms with Gasteiger partial charge in [-0.05, 0) is 81.9 Å². The van der Waals surface area contributed by atoms with E-state index in [2.05, 4.69) is 187 Å². The highest BCUT2D eigenvalue weighted by molar-refractivity contribution is 7.26. The van der Waals surface area contributed by atoms with Crippen LogP contribution in [0.25, 0.3) is 75.5 Å². The third-order valence-electron chi connectivity index (χ3n) is 9.87. The Morgan fingerprint density at radius 3 is 1.57 bits per heavy atom. The van der Waals surface area contributed by atoms with Crippen molar-refractivity contribution in [3.05, 3.63) is 188 Å². The van der Waals surface area contributed by atoms with Crippen LogP contribution in [0, 0.1) is 0 Å². The van der Waals surface area contributed by atoms with Gasteiger partial charge >= 0.3 is 0 Å². The molecule has 0 aliphatic rings. The van der Waals surface area contributed by atoms with E-state index in [4.69, 9.17) is 4.42 Å². The smallest absolute Gasteiger partial charge is 0.144 e. The van der Waals surface area contributed by atoms with E-state index in [-0.39, 0.29) is 0 Å². The average Bonchev–Trinajstić information content (AvgIpc) is 3.78. The average molecular weight is 670 g/mol. The monoisotopic (exact) mass is 669 g/mol. The SMILES string of the molecule is c1ccc(-c2ccc(N(c3ccc(-c4cccc(-c5ccccc5)c4)cc3)c3cc4c5ccccc5oc4c4c3sc3ccccc34)cc2)cc1. The summed E-state index contributed by atoms with van der Waals surface area (Å²) in [5.41, 5.74) is 12.4. The Morgan fingerprint density at radius 1 is 0.392 bits per heavy atom. The first-order chi connectivity index (χ1) is 25.3. The largest absolute Gasteiger partial charge is 0.455 e. The molecule has 0 fully saturated rings. The van der Waals surface area contributed by atoms with E-state index in [1.165, 1.54) is 53.6 Å². The van der Waals surface area contributed by atoms with Crippen molar-refractivity contribution in [2.24, 2.45) is 0 Å². The van der Waals surface area contributed by atoms with Crippen LogP contribution in [0.1, 0.15) is 0 Å². The van der Waals surface area contributed by atoms with E-state index >= 15 is 0 Å². The van der Waals surface area contributed by atoms with Gasteiger partial charge in [0, 0.05) is 37.6 Å². The zero-order valence-electron chi connectivity index (χ0n) is 27.7. The molecule has 0 bridgehead atoms. The van der Waals surface area contributed by atoms with E-state index in [0.29, 0.717) is 0 Å². The molecule has 2 heterocycles. The van der Waals surface area contributed by atoms with Crippen LogP contribution in [-0.4, -0.2) is 0 Å². The molecule has 0 amide bonds. The molecule has 0 N–H and O–H groups in total. The highest BCUT2D eigenvalue weighted by Gasteiger charge is 2.23. The molecule has 0 aliphatic carbocycles. The summed E-state index contributed by atoms with van der Waals surface area (Å²) in [6, 6.07) is 67.3. The molecule has 0 saturated carbocycles. The van der Waals surface area contributed by atoms with Gasteiger partial charge < -0.3 is 9.32 Å². The van der Waals surface area contributed by atoms with Gasteiger partial charge in [0.15, 0.2) is 0 Å². The van der Waals surface area contributed by atoms with Gasteiger partial charge in [-0.2, -0.15) is 0 Å². The zero-order chi connectivity index (χ0) is 33.7. The van der Waals surface area contributed by atoms with Crippen molar-refractivity contribution in [3.63, 3.8) is 0 Å². The number of hydrogen-bond acceptors (Lipinski definition) is 3. The Hall–Kier alpha value is -6.42. The predicted octanol–water partition coefficient (Wildman–Crippen LogP) is 14.4. The van der Waals surface area contributed by atoms with E-state index in [1.807, 2.05) is 17.4 Å². The molecular weight excluding hydrogens is 639 g/mol. The lowest BCUT2D eigenvalue weighted by atomic mass is 9.98. The Bertz CT molecular complexity index is 2830. The molecule has 0 aliphatic heterocycles. The standard InChI is InChI=1S/C48H31NOS/c1-3-12-32(13-4-1)34-22-26-38(27-23-34)49(39-28-24-35(25-29-39)37-17-11-16-36(30-37)33-14-5-2-6-15-33)43-31-42-40-18-7-9-20-44(40)50-47(42)46-41-19-8-10-21-45(41)51-48(43)46/h1-31H. The summed E-state index contributed by atoms with van der Waals surface area (Å²) in [4.78, 5) is 2.41. The summed E-state index contributed by atoms with van der Waals surface area (Å²) in [5, 5.41) is 4.63. The highest BCUT2D eigenvalue weighted by atomic mass is 32.1. The second-order valence-corrected chi connectivity index (χ2v) is 14.0. The summed E-state index contributed by atoms with van der Waals surface area (Å²) >= 11 is 1.83. The van der Waals surface area contributed by atoms with Gasteiger partial charge in [0.25, 0.3) is 0 Å². The quantitative estimate of drug-likeness (QED) is 0.175. The van der Waals surface area contributed by atoms with Gasteiger partial charge in [0.05, 0.1) is 10.4 Å². The molecule has 2 aromatic heterocycles. The molecule has 8 aromatic carbocycles. The predicted molar refractivity (Wildman–Crippen MR) is 218 cm³/mol. The molecule has 0 spiro atoms. The van der Waals surface area contributed by atoms with Gasteiger partial charge in [-0.15, -0.1) is 11.3 Å². The minimum atomic E-state index is 0.905. The summed E-state index contributed by atoms with van der Waals surface area (Å²) in [6.45, 7) is 0. The van der Waals surface area contributed by atoms with Crippen molar-refractivity contribution in [2.45, 2.75) is 0 Å². The molecule has 2 nitrogen and oxygen atoms in total. The van der Waals surface area contributed by atoms with Crippen LogP contribution in [0.15, 0.2) is 192 Å². The first kappa shape index (κ1) is 29.5. The molecular formula is C48H31NOS. The van der Waals surface area contributed by atoms with Crippen molar-refractivity contribution in [3.8, 4) is 33.4 Å². The van der Waals surface area contributed by atoms with Crippen molar-refractivity contribution < 1.29 is 4.42 Å². The van der Waals surface area contributed by atoms with Crippen molar-refractivity contribution in [2.75, 3.05) is 4.90 Å². The van der Waals surface area contributed by atoms with Crippen LogP contribution in [0.5, 0.6) is 0 Å². The van der Waals surface area contributed by atoms with Crippen LogP contribution >= 0.6 is 11.3 Å². The minimum absolute atomic E-state index is 0.905. The molecule has 0 unspecified atom stereocenters. The van der Waals surface area contributed by atoms with Crippen LogP contribution in [0.2, 0.25) is 0 Å². The summed E-state index contributed by atoms with van der Waals surface area (Å²) in [7, 11) is 0. The number of furan rings is 1. The number of nitrogens with zero attached hydrogens (tertiary/aromatic N) is 1. The first-order valence-corrected chi connectivity index (χ1v) is 18.1. The summed E-state index contributed by atoms with van der Waals surface area (Å²) < 4.78 is 9.09. The number of hydrogen-bond donors (Lipinski definition) is 0. The second kappa shape index (κ2) is 12.2. The summed E-state index contributed by atoms with van der Waals surface area (Å²) in [6.07, 6.45) is 0. The normalized spacial score (nSPS) is 11.5. The molecule has 3 heteroatoms. The Kier molecular flexibility index (Phi) is 7.04. The summed E-state index contributed by atoms with van der Waals surface area (Å²) in [5.74, 6) is 0. The highest BCUT2D eigenvalue weighted by Crippen LogP contribution is 2.50. The fourth-order valence-corrected chi connectivity index (χ4v) is 8.59. The number of benzene rings is 8. The van der Waals surface area contributed by atoms with Crippen molar-refractivity contribution in [1.29, 1.82) is 0 Å². The third kappa shape index (κ3) is 5.10. The fraction of sp³-hybridized carbons (Fsp3) is 0. The molecule has 10 aromatic rings. The lowest BCUT2D eigenvalue weighted by Gasteiger charge is -2.27. The molecule has 0 saturated heterocycles. The molecule has 240 valence electrons. The lowest BCUT2D eigenvalue weighted by Crippen LogP contribution is -2.10. The van der Waals surface area contributed by atoms with E-state index in [0.717, 1.165) is 39.0 Å². The van der Waals surface area contributed by atoms with Gasteiger partial charge in [-0.25, -0.2) is 0 Å². The second-order valence-electron chi connectivity index (χ2n) is 12.9. The minimum Gasteiger partial charge on any atom is -0.455 e. The molecule has 10 rings (SSSR count). The van der Waals surface area contributed by atoms with Crippen LogP contribution < -0.4 is 4.90 Å². The number of rotatable bonds is 6. The topological polar surface area (TPSA) is 16.4 Å². The number of para-hydroxylation sites is 1. The Morgan fingerprint density at radius 2 is 0.902 bits per heavy atom. The molecule has 0 atom stereocenters. The van der Waals surface area contributed by atoms with Gasteiger partial charge in [0.2, 0.25) is 0 Å². The van der Waals surface area contributed by atoms with Crippen LogP contribution in [0.4, 0.5) is 17.1 Å². The maximum Gasteiger partial charge on any atom is 0.144 e. The van der Waals surface area contributed by atoms with Gasteiger partial charge in [-0.3, -0.25) is 0 Å². The van der Waals surface area contributed by atoms with E-state index in [9.17, 15) is 0 Å². The number of anilines is 3. The van der Waals surface area contributed by atoms with E-state index < -0.39 is 0 Å².